The van der Waals surface area contributed by atoms with Gasteiger partial charge in [0.25, 0.3) is 0 Å². The number of amides is 2. The van der Waals surface area contributed by atoms with Crippen LogP contribution in [-0.4, -0.2) is 79.4 Å². The Hall–Kier alpha value is -0.850. The third-order valence-corrected chi connectivity index (χ3v) is 5.61. The Morgan fingerprint density at radius 1 is 1.12 bits per heavy atom. The smallest absolute Gasteiger partial charge is 0.314 e. The fourth-order valence-electron chi connectivity index (χ4n) is 3.86. The summed E-state index contributed by atoms with van der Waals surface area (Å²) in [6.45, 7) is 4.14. The van der Waals surface area contributed by atoms with Gasteiger partial charge in [0.15, 0.2) is 0 Å². The molecule has 0 bridgehead atoms. The van der Waals surface area contributed by atoms with E-state index in [0.717, 1.165) is 45.3 Å². The molecule has 0 atom stereocenters. The second kappa shape index (κ2) is 9.59. The van der Waals surface area contributed by atoms with Crippen LogP contribution in [0.25, 0.3) is 0 Å². The lowest BCUT2D eigenvalue weighted by Crippen LogP contribution is -2.48. The summed E-state index contributed by atoms with van der Waals surface area (Å²) in [6.07, 6.45) is 8.50. The highest BCUT2D eigenvalue weighted by atomic mass is 16.3. The van der Waals surface area contributed by atoms with Gasteiger partial charge in [-0.15, -0.1) is 0 Å². The van der Waals surface area contributed by atoms with Crippen molar-refractivity contribution in [3.05, 3.63) is 0 Å². The zero-order chi connectivity index (χ0) is 17.4. The highest BCUT2D eigenvalue weighted by Crippen LogP contribution is 2.26. The summed E-state index contributed by atoms with van der Waals surface area (Å²) in [6, 6.07) is 0.536. The highest BCUT2D eigenvalue weighted by Gasteiger charge is 2.28. The number of hydrogen-bond acceptors (Lipinski definition) is 4. The molecule has 0 unspecified atom stereocenters. The van der Waals surface area contributed by atoms with E-state index in [9.17, 15) is 9.90 Å². The molecule has 1 saturated heterocycles. The fourth-order valence-corrected chi connectivity index (χ4v) is 3.86. The number of urea groups is 1. The molecule has 2 fully saturated rings. The van der Waals surface area contributed by atoms with Gasteiger partial charge in [0.1, 0.15) is 0 Å². The van der Waals surface area contributed by atoms with Crippen molar-refractivity contribution in [1.29, 1.82) is 0 Å². The maximum Gasteiger partial charge on any atom is 0.314 e. The van der Waals surface area contributed by atoms with Gasteiger partial charge in [0.05, 0.1) is 5.60 Å². The van der Waals surface area contributed by atoms with Crippen LogP contribution in [0.1, 0.15) is 51.4 Å². The Bertz CT molecular complexity index is 373. The number of nitrogens with zero attached hydrogens (tertiary/aromatic N) is 2. The molecule has 1 aliphatic heterocycles. The molecule has 6 nitrogen and oxygen atoms in total. The van der Waals surface area contributed by atoms with Gasteiger partial charge in [-0.05, 0) is 52.9 Å². The predicted octanol–water partition coefficient (Wildman–Crippen LogP) is 1.40. The van der Waals surface area contributed by atoms with Crippen LogP contribution in [0.4, 0.5) is 4.79 Å². The summed E-state index contributed by atoms with van der Waals surface area (Å²) in [5.74, 6) is 0. The monoisotopic (exact) mass is 340 g/mol. The molecule has 24 heavy (non-hydrogen) atoms. The number of aliphatic hydroxyl groups is 1. The second-order valence-electron chi connectivity index (χ2n) is 7.78. The van der Waals surface area contributed by atoms with E-state index in [1.807, 2.05) is 0 Å². The lowest BCUT2D eigenvalue weighted by Gasteiger charge is -2.35. The van der Waals surface area contributed by atoms with Gasteiger partial charge in [0.2, 0.25) is 0 Å². The maximum absolute atomic E-state index is 11.9. The number of nitrogens with one attached hydrogen (secondary N) is 2. The molecule has 2 aliphatic rings. The number of likely N-dealkylation sites (tertiary alicyclic amines) is 1. The van der Waals surface area contributed by atoms with Crippen molar-refractivity contribution in [2.75, 3.05) is 46.8 Å². The summed E-state index contributed by atoms with van der Waals surface area (Å²) in [5, 5.41) is 16.3. The van der Waals surface area contributed by atoms with Gasteiger partial charge in [-0.2, -0.15) is 0 Å². The van der Waals surface area contributed by atoms with E-state index < -0.39 is 5.60 Å². The molecule has 0 aromatic rings. The van der Waals surface area contributed by atoms with Crippen molar-refractivity contribution in [1.82, 2.24) is 20.4 Å². The lowest BCUT2D eigenvalue weighted by atomic mass is 9.95. The van der Waals surface area contributed by atoms with E-state index in [1.54, 1.807) is 0 Å². The summed E-state index contributed by atoms with van der Waals surface area (Å²) < 4.78 is 0. The van der Waals surface area contributed by atoms with Crippen LogP contribution in [0.3, 0.4) is 0 Å². The molecular formula is C18H36N4O2. The van der Waals surface area contributed by atoms with Crippen LogP contribution < -0.4 is 10.6 Å². The number of carbonyl (C=O) groups is 1. The van der Waals surface area contributed by atoms with Crippen molar-refractivity contribution in [2.24, 2.45) is 0 Å². The average molecular weight is 341 g/mol. The van der Waals surface area contributed by atoms with Crippen LogP contribution in [-0.2, 0) is 0 Å². The topological polar surface area (TPSA) is 67.8 Å². The Morgan fingerprint density at radius 2 is 1.75 bits per heavy atom. The minimum atomic E-state index is -0.706. The molecule has 3 N–H and O–H groups in total. The summed E-state index contributed by atoms with van der Waals surface area (Å²) in [7, 11) is 4.29. The summed E-state index contributed by atoms with van der Waals surface area (Å²) in [4.78, 5) is 16.7. The first-order valence-corrected chi connectivity index (χ1v) is 9.61. The summed E-state index contributed by atoms with van der Waals surface area (Å²) in [5.41, 5.74) is -0.706. The Labute approximate surface area is 147 Å². The van der Waals surface area contributed by atoms with Crippen molar-refractivity contribution in [3.8, 4) is 0 Å². The largest absolute Gasteiger partial charge is 0.388 e. The fraction of sp³-hybridized carbons (Fsp3) is 0.944. The molecule has 1 aliphatic carbocycles. The van der Waals surface area contributed by atoms with Crippen LogP contribution >= 0.6 is 0 Å². The van der Waals surface area contributed by atoms with Crippen LogP contribution in [0.2, 0.25) is 0 Å². The Balaban J connectivity index is 1.57. The SMILES string of the molecule is CN(C)C1CCN(CCNC(=O)NCC2(O)CCCCCC2)CC1. The van der Waals surface area contributed by atoms with Crippen LogP contribution in [0.5, 0.6) is 0 Å². The summed E-state index contributed by atoms with van der Waals surface area (Å²) >= 11 is 0. The van der Waals surface area contributed by atoms with Gasteiger partial charge in [0, 0.05) is 25.7 Å². The van der Waals surface area contributed by atoms with Gasteiger partial charge in [-0.1, -0.05) is 25.7 Å². The predicted molar refractivity (Wildman–Crippen MR) is 97.2 cm³/mol. The molecule has 0 aromatic carbocycles. The molecule has 0 spiro atoms. The Morgan fingerprint density at radius 3 is 2.33 bits per heavy atom. The van der Waals surface area contributed by atoms with Crippen LogP contribution in [0, 0.1) is 0 Å². The second-order valence-corrected chi connectivity index (χ2v) is 7.78. The molecule has 1 heterocycles. The van der Waals surface area contributed by atoms with Gasteiger partial charge >= 0.3 is 6.03 Å². The first-order valence-electron chi connectivity index (χ1n) is 9.61. The first kappa shape index (κ1) is 19.5. The number of carbonyl (C=O) groups excluding carboxylic acids is 1. The highest BCUT2D eigenvalue weighted by molar-refractivity contribution is 5.73. The molecule has 2 amide bonds. The van der Waals surface area contributed by atoms with E-state index in [-0.39, 0.29) is 6.03 Å². The average Bonchev–Trinajstić information content (AvgIpc) is 2.79. The molecular weight excluding hydrogens is 304 g/mol. The molecule has 0 aromatic heterocycles. The number of hydrogen-bond donors (Lipinski definition) is 3. The van der Waals surface area contributed by atoms with E-state index in [1.165, 1.54) is 25.7 Å². The molecule has 2 rings (SSSR count). The molecule has 6 heteroatoms. The van der Waals surface area contributed by atoms with E-state index >= 15 is 0 Å². The minimum absolute atomic E-state index is 0.157. The van der Waals surface area contributed by atoms with Crippen molar-refractivity contribution < 1.29 is 9.90 Å². The van der Waals surface area contributed by atoms with Gasteiger partial charge in [-0.25, -0.2) is 4.79 Å². The molecule has 1 saturated carbocycles. The number of rotatable bonds is 6. The Kier molecular flexibility index (Phi) is 7.78. The minimum Gasteiger partial charge on any atom is -0.388 e. The van der Waals surface area contributed by atoms with Crippen molar-refractivity contribution >= 4 is 6.03 Å². The van der Waals surface area contributed by atoms with E-state index in [2.05, 4.69) is 34.5 Å². The quantitative estimate of drug-likeness (QED) is 0.639. The first-order chi connectivity index (χ1) is 11.5. The van der Waals surface area contributed by atoms with Crippen molar-refractivity contribution in [3.63, 3.8) is 0 Å². The zero-order valence-corrected chi connectivity index (χ0v) is 15.5. The standard InChI is InChI=1S/C18H36N4O2/c1-21(2)16-7-12-22(13-8-16)14-11-19-17(23)20-15-18(24)9-5-3-4-6-10-18/h16,24H,3-15H2,1-2H3,(H2,19,20,23). The molecule has 0 radical (unpaired) electrons. The van der Waals surface area contributed by atoms with Crippen LogP contribution in [0.15, 0.2) is 0 Å². The van der Waals surface area contributed by atoms with Gasteiger partial charge in [-0.3, -0.25) is 0 Å². The third-order valence-electron chi connectivity index (χ3n) is 5.61. The lowest BCUT2D eigenvalue weighted by molar-refractivity contribution is 0.0276. The third kappa shape index (κ3) is 6.57. The maximum atomic E-state index is 11.9. The van der Waals surface area contributed by atoms with E-state index in [0.29, 0.717) is 19.1 Å². The number of piperidine rings is 1. The molecule has 140 valence electrons. The normalized spacial score (nSPS) is 23.0. The van der Waals surface area contributed by atoms with Crippen molar-refractivity contribution in [2.45, 2.75) is 63.0 Å². The van der Waals surface area contributed by atoms with Gasteiger partial charge < -0.3 is 25.5 Å². The van der Waals surface area contributed by atoms with E-state index in [4.69, 9.17) is 0 Å². The zero-order valence-electron chi connectivity index (χ0n) is 15.5.